The van der Waals surface area contributed by atoms with Gasteiger partial charge in [0.2, 0.25) is 0 Å². The number of hydrogen-bond acceptors (Lipinski definition) is 2. The SMILES string of the molecule is CSc1cc(C)cc(C(C)(C)O)c1. The van der Waals surface area contributed by atoms with Gasteiger partial charge in [0.15, 0.2) is 0 Å². The fraction of sp³-hybridized carbons (Fsp3) is 0.455. The third kappa shape index (κ3) is 2.75. The van der Waals surface area contributed by atoms with E-state index in [1.807, 2.05) is 32.2 Å². The molecule has 0 radical (unpaired) electrons. The first-order chi connectivity index (χ1) is 5.93. The van der Waals surface area contributed by atoms with Crippen LogP contribution in [0.25, 0.3) is 0 Å². The van der Waals surface area contributed by atoms with Crippen LogP contribution in [0.1, 0.15) is 25.0 Å². The molecule has 0 aliphatic heterocycles. The molecule has 0 amide bonds. The molecule has 0 heterocycles. The Hall–Kier alpha value is -0.470. The van der Waals surface area contributed by atoms with Crippen LogP contribution in [0.5, 0.6) is 0 Å². The Balaban J connectivity index is 3.16. The maximum Gasteiger partial charge on any atom is 0.0841 e. The van der Waals surface area contributed by atoms with Crippen LogP contribution >= 0.6 is 11.8 Å². The standard InChI is InChI=1S/C11H16OS/c1-8-5-9(11(2,3)12)7-10(6-8)13-4/h5-7,12H,1-4H3. The molecule has 1 aromatic rings. The topological polar surface area (TPSA) is 20.2 Å². The molecule has 72 valence electrons. The van der Waals surface area contributed by atoms with Gasteiger partial charge in [0.1, 0.15) is 0 Å². The van der Waals surface area contributed by atoms with Crippen LogP contribution in [0, 0.1) is 6.92 Å². The summed E-state index contributed by atoms with van der Waals surface area (Å²) in [6.07, 6.45) is 2.04. The fourth-order valence-corrected chi connectivity index (χ4v) is 1.77. The molecule has 0 aliphatic carbocycles. The molecule has 0 atom stereocenters. The van der Waals surface area contributed by atoms with E-state index < -0.39 is 5.60 Å². The van der Waals surface area contributed by atoms with Gasteiger partial charge in [-0.15, -0.1) is 11.8 Å². The van der Waals surface area contributed by atoms with Gasteiger partial charge in [-0.25, -0.2) is 0 Å². The van der Waals surface area contributed by atoms with Gasteiger partial charge in [-0.05, 0) is 50.3 Å². The van der Waals surface area contributed by atoms with Crippen molar-refractivity contribution in [3.05, 3.63) is 29.3 Å². The zero-order chi connectivity index (χ0) is 10.1. The molecular formula is C11H16OS. The molecular weight excluding hydrogens is 180 g/mol. The van der Waals surface area contributed by atoms with Crippen LogP contribution in [0.15, 0.2) is 23.1 Å². The summed E-state index contributed by atoms with van der Waals surface area (Å²) in [5, 5.41) is 9.82. The molecule has 0 spiro atoms. The Morgan fingerprint density at radius 2 is 1.85 bits per heavy atom. The second-order valence-corrected chi connectivity index (χ2v) is 4.68. The van der Waals surface area contributed by atoms with E-state index in [1.165, 1.54) is 10.5 Å². The minimum atomic E-state index is -0.740. The smallest absolute Gasteiger partial charge is 0.0841 e. The highest BCUT2D eigenvalue weighted by Crippen LogP contribution is 2.25. The van der Waals surface area contributed by atoms with Crippen molar-refractivity contribution < 1.29 is 5.11 Å². The van der Waals surface area contributed by atoms with Crippen molar-refractivity contribution >= 4 is 11.8 Å². The Morgan fingerprint density at radius 3 is 2.31 bits per heavy atom. The van der Waals surface area contributed by atoms with Crippen molar-refractivity contribution in [2.45, 2.75) is 31.3 Å². The summed E-state index contributed by atoms with van der Waals surface area (Å²) in [5.41, 5.74) is 1.44. The number of aliphatic hydroxyl groups is 1. The summed E-state index contributed by atoms with van der Waals surface area (Å²) < 4.78 is 0. The molecule has 1 rings (SSSR count). The van der Waals surface area contributed by atoms with E-state index >= 15 is 0 Å². The van der Waals surface area contributed by atoms with E-state index in [9.17, 15) is 5.11 Å². The van der Waals surface area contributed by atoms with Gasteiger partial charge in [0, 0.05) is 4.90 Å². The molecule has 1 nitrogen and oxygen atoms in total. The second-order valence-electron chi connectivity index (χ2n) is 3.80. The van der Waals surface area contributed by atoms with E-state index in [-0.39, 0.29) is 0 Å². The minimum Gasteiger partial charge on any atom is -0.386 e. The monoisotopic (exact) mass is 196 g/mol. The van der Waals surface area contributed by atoms with Gasteiger partial charge in [-0.2, -0.15) is 0 Å². The highest BCUT2D eigenvalue weighted by Gasteiger charge is 2.16. The predicted molar refractivity (Wildman–Crippen MR) is 58.2 cm³/mol. The van der Waals surface area contributed by atoms with Crippen LogP contribution in [-0.2, 0) is 5.60 Å². The van der Waals surface area contributed by atoms with Gasteiger partial charge < -0.3 is 5.11 Å². The first-order valence-electron chi connectivity index (χ1n) is 4.32. The van der Waals surface area contributed by atoms with Gasteiger partial charge in [-0.1, -0.05) is 6.07 Å². The van der Waals surface area contributed by atoms with Crippen LogP contribution in [0.3, 0.4) is 0 Å². The van der Waals surface area contributed by atoms with Crippen LogP contribution in [0.4, 0.5) is 0 Å². The lowest BCUT2D eigenvalue weighted by Crippen LogP contribution is -2.15. The van der Waals surface area contributed by atoms with Crippen molar-refractivity contribution in [2.75, 3.05) is 6.26 Å². The molecule has 2 heteroatoms. The number of hydrogen-bond donors (Lipinski definition) is 1. The zero-order valence-electron chi connectivity index (χ0n) is 8.59. The van der Waals surface area contributed by atoms with Crippen molar-refractivity contribution in [2.24, 2.45) is 0 Å². The molecule has 0 unspecified atom stereocenters. The Kier molecular flexibility index (Phi) is 3.04. The molecule has 0 aromatic heterocycles. The van der Waals surface area contributed by atoms with Crippen LogP contribution in [0.2, 0.25) is 0 Å². The van der Waals surface area contributed by atoms with Gasteiger partial charge in [0.25, 0.3) is 0 Å². The van der Waals surface area contributed by atoms with Crippen molar-refractivity contribution in [3.63, 3.8) is 0 Å². The van der Waals surface area contributed by atoms with E-state index in [1.54, 1.807) is 11.8 Å². The number of thioether (sulfide) groups is 1. The molecule has 1 N–H and O–H groups in total. The van der Waals surface area contributed by atoms with E-state index in [4.69, 9.17) is 0 Å². The molecule has 0 bridgehead atoms. The summed E-state index contributed by atoms with van der Waals surface area (Å²) in [4.78, 5) is 1.21. The lowest BCUT2D eigenvalue weighted by atomic mass is 9.97. The molecule has 13 heavy (non-hydrogen) atoms. The Bertz CT molecular complexity index is 299. The van der Waals surface area contributed by atoms with Gasteiger partial charge in [0.05, 0.1) is 5.60 Å². The summed E-state index contributed by atoms with van der Waals surface area (Å²) in [6.45, 7) is 5.67. The number of benzene rings is 1. The summed E-state index contributed by atoms with van der Waals surface area (Å²) in [7, 11) is 0. The second kappa shape index (κ2) is 3.72. The minimum absolute atomic E-state index is 0.740. The normalized spacial score (nSPS) is 11.8. The van der Waals surface area contributed by atoms with Crippen molar-refractivity contribution in [1.82, 2.24) is 0 Å². The molecule has 0 fully saturated rings. The Labute approximate surface area is 84.2 Å². The quantitative estimate of drug-likeness (QED) is 0.734. The average Bonchev–Trinajstić information content (AvgIpc) is 2.01. The predicted octanol–water partition coefficient (Wildman–Crippen LogP) is 2.94. The first kappa shape index (κ1) is 10.6. The maximum absolute atomic E-state index is 9.82. The average molecular weight is 196 g/mol. The van der Waals surface area contributed by atoms with Gasteiger partial charge >= 0.3 is 0 Å². The largest absolute Gasteiger partial charge is 0.386 e. The number of rotatable bonds is 2. The van der Waals surface area contributed by atoms with Gasteiger partial charge in [-0.3, -0.25) is 0 Å². The fourth-order valence-electron chi connectivity index (χ4n) is 1.22. The third-order valence-electron chi connectivity index (χ3n) is 1.99. The maximum atomic E-state index is 9.82. The molecule has 0 aliphatic rings. The highest BCUT2D eigenvalue weighted by atomic mass is 32.2. The summed E-state index contributed by atoms with van der Waals surface area (Å²) in [5.74, 6) is 0. The van der Waals surface area contributed by atoms with Crippen LogP contribution < -0.4 is 0 Å². The first-order valence-corrected chi connectivity index (χ1v) is 5.54. The van der Waals surface area contributed by atoms with E-state index in [0.717, 1.165) is 5.56 Å². The lowest BCUT2D eigenvalue weighted by molar-refractivity contribution is 0.0783. The Morgan fingerprint density at radius 1 is 1.23 bits per heavy atom. The zero-order valence-corrected chi connectivity index (χ0v) is 9.40. The molecule has 0 saturated heterocycles. The summed E-state index contributed by atoms with van der Waals surface area (Å²) in [6, 6.07) is 6.19. The molecule has 1 aromatic carbocycles. The summed E-state index contributed by atoms with van der Waals surface area (Å²) >= 11 is 1.70. The van der Waals surface area contributed by atoms with E-state index in [2.05, 4.69) is 13.0 Å². The lowest BCUT2D eigenvalue weighted by Gasteiger charge is -2.19. The highest BCUT2D eigenvalue weighted by molar-refractivity contribution is 7.98. The third-order valence-corrected chi connectivity index (χ3v) is 2.70. The van der Waals surface area contributed by atoms with Crippen LogP contribution in [-0.4, -0.2) is 11.4 Å². The number of aryl methyl sites for hydroxylation is 1. The van der Waals surface area contributed by atoms with Crippen molar-refractivity contribution in [1.29, 1.82) is 0 Å². The molecule has 0 saturated carbocycles. The van der Waals surface area contributed by atoms with Crippen molar-refractivity contribution in [3.8, 4) is 0 Å². The van der Waals surface area contributed by atoms with E-state index in [0.29, 0.717) is 0 Å².